The van der Waals surface area contributed by atoms with E-state index in [1.54, 1.807) is 17.4 Å². The molecule has 0 saturated carbocycles. The summed E-state index contributed by atoms with van der Waals surface area (Å²) in [4.78, 5) is 22.6. The zero-order valence-electron chi connectivity index (χ0n) is 15.2. The number of non-ortho nitro benzene ring substituents is 1. The summed E-state index contributed by atoms with van der Waals surface area (Å²) in [5.74, 6) is 0.573. The van der Waals surface area contributed by atoms with Gasteiger partial charge in [0.25, 0.3) is 5.69 Å². The van der Waals surface area contributed by atoms with Gasteiger partial charge in [0.2, 0.25) is 5.91 Å². The highest BCUT2D eigenvalue weighted by Crippen LogP contribution is 2.33. The Bertz CT molecular complexity index is 1220. The maximum absolute atomic E-state index is 12.2. The monoisotopic (exact) mass is 425 g/mol. The van der Waals surface area contributed by atoms with E-state index in [-0.39, 0.29) is 17.3 Å². The number of nitro groups is 1. The first-order chi connectivity index (χ1) is 14.0. The molecule has 2 aromatic heterocycles. The lowest BCUT2D eigenvalue weighted by molar-refractivity contribution is -0.384. The smallest absolute Gasteiger partial charge is 0.271 e. The van der Waals surface area contributed by atoms with Gasteiger partial charge in [0.1, 0.15) is 0 Å². The van der Waals surface area contributed by atoms with Crippen LogP contribution in [0.4, 0.5) is 11.4 Å². The molecule has 0 spiro atoms. The first-order valence-electron chi connectivity index (χ1n) is 8.56. The predicted octanol–water partition coefficient (Wildman–Crippen LogP) is 4.34. The van der Waals surface area contributed by atoms with Gasteiger partial charge in [-0.25, -0.2) is 0 Å². The quantitative estimate of drug-likeness (QED) is 0.280. The normalized spacial score (nSPS) is 10.9. The zero-order valence-corrected chi connectivity index (χ0v) is 16.9. The van der Waals surface area contributed by atoms with E-state index in [1.165, 1.54) is 34.7 Å². The Morgan fingerprint density at radius 3 is 2.90 bits per heavy atom. The number of anilines is 1. The Balaban J connectivity index is 1.45. The van der Waals surface area contributed by atoms with Gasteiger partial charge >= 0.3 is 0 Å². The second-order valence-corrected chi connectivity index (χ2v) is 8.01. The lowest BCUT2D eigenvalue weighted by Crippen LogP contribution is -2.14. The van der Waals surface area contributed by atoms with E-state index in [0.29, 0.717) is 10.8 Å². The fourth-order valence-electron chi connectivity index (χ4n) is 2.85. The SMILES string of the molecule is Cn1c(SCC(=O)Nc2cccc([N+](=O)[O-])c2)nnc1-c1csc2ccccc12. The van der Waals surface area contributed by atoms with Crippen LogP contribution in [0.25, 0.3) is 21.5 Å². The number of thioether (sulfide) groups is 1. The average molecular weight is 425 g/mol. The minimum absolute atomic E-state index is 0.0728. The number of amides is 1. The second kappa shape index (κ2) is 8.02. The van der Waals surface area contributed by atoms with Gasteiger partial charge in [-0.15, -0.1) is 21.5 Å². The van der Waals surface area contributed by atoms with Crippen molar-refractivity contribution in [1.29, 1.82) is 0 Å². The lowest BCUT2D eigenvalue weighted by atomic mass is 10.2. The number of nitrogens with one attached hydrogen (secondary N) is 1. The van der Waals surface area contributed by atoms with Crippen molar-refractivity contribution in [3.05, 3.63) is 64.0 Å². The van der Waals surface area contributed by atoms with Crippen molar-refractivity contribution >= 4 is 50.5 Å². The average Bonchev–Trinajstić information content (AvgIpc) is 3.29. The Hall–Kier alpha value is -3.24. The fourth-order valence-corrected chi connectivity index (χ4v) is 4.50. The molecule has 29 heavy (non-hydrogen) atoms. The number of carbonyl (C=O) groups is 1. The third-order valence-electron chi connectivity index (χ3n) is 4.23. The van der Waals surface area contributed by atoms with E-state index in [1.807, 2.05) is 23.7 Å². The first-order valence-corrected chi connectivity index (χ1v) is 10.4. The van der Waals surface area contributed by atoms with Crippen LogP contribution in [0.5, 0.6) is 0 Å². The minimum atomic E-state index is -0.500. The number of fused-ring (bicyclic) bond motifs is 1. The first kappa shape index (κ1) is 19.1. The molecule has 0 aliphatic heterocycles. The van der Waals surface area contributed by atoms with Gasteiger partial charge in [0.15, 0.2) is 11.0 Å². The second-order valence-electron chi connectivity index (χ2n) is 6.16. The van der Waals surface area contributed by atoms with Gasteiger partial charge in [0, 0.05) is 45.9 Å². The molecule has 0 bridgehead atoms. The van der Waals surface area contributed by atoms with Gasteiger partial charge in [-0.3, -0.25) is 14.9 Å². The van der Waals surface area contributed by atoms with E-state index in [0.717, 1.165) is 16.8 Å². The number of nitro benzene ring substituents is 1. The number of nitrogens with zero attached hydrogens (tertiary/aromatic N) is 4. The summed E-state index contributed by atoms with van der Waals surface area (Å²) in [5, 5.41) is 25.8. The van der Waals surface area contributed by atoms with Crippen molar-refractivity contribution < 1.29 is 9.72 Å². The van der Waals surface area contributed by atoms with Crippen LogP contribution in [0.15, 0.2) is 59.1 Å². The highest BCUT2D eigenvalue weighted by Gasteiger charge is 2.16. The van der Waals surface area contributed by atoms with E-state index < -0.39 is 4.92 Å². The van der Waals surface area contributed by atoms with Gasteiger partial charge in [-0.2, -0.15) is 0 Å². The van der Waals surface area contributed by atoms with E-state index in [9.17, 15) is 14.9 Å². The summed E-state index contributed by atoms with van der Waals surface area (Å²) in [6.07, 6.45) is 0. The highest BCUT2D eigenvalue weighted by atomic mass is 32.2. The fraction of sp³-hybridized carbons (Fsp3) is 0.105. The Morgan fingerprint density at radius 1 is 1.24 bits per heavy atom. The standard InChI is InChI=1S/C19H15N5O3S2/c1-23-18(15-10-28-16-8-3-2-7-14(15)16)21-22-19(23)29-11-17(25)20-12-5-4-6-13(9-12)24(26)27/h2-10H,11H2,1H3,(H,20,25). The summed E-state index contributed by atoms with van der Waals surface area (Å²) in [5.41, 5.74) is 1.32. The van der Waals surface area contributed by atoms with E-state index >= 15 is 0 Å². The van der Waals surface area contributed by atoms with Crippen LogP contribution in [-0.4, -0.2) is 31.3 Å². The molecule has 2 heterocycles. The van der Waals surface area contributed by atoms with Crippen LogP contribution in [0.2, 0.25) is 0 Å². The molecule has 0 unspecified atom stereocenters. The maximum atomic E-state index is 12.2. The molecule has 1 N–H and O–H groups in total. The summed E-state index contributed by atoms with van der Waals surface area (Å²) in [6.45, 7) is 0. The van der Waals surface area contributed by atoms with Crippen LogP contribution in [0.3, 0.4) is 0 Å². The molecule has 4 aromatic rings. The molecule has 0 radical (unpaired) electrons. The number of benzene rings is 2. The maximum Gasteiger partial charge on any atom is 0.271 e. The van der Waals surface area contributed by atoms with E-state index in [2.05, 4.69) is 33.0 Å². The molecule has 0 aliphatic carbocycles. The number of thiophene rings is 1. The molecule has 0 aliphatic rings. The molecule has 10 heteroatoms. The largest absolute Gasteiger partial charge is 0.325 e. The Morgan fingerprint density at radius 2 is 2.07 bits per heavy atom. The molecule has 0 fully saturated rings. The summed E-state index contributed by atoms with van der Waals surface area (Å²) >= 11 is 2.90. The third kappa shape index (κ3) is 3.98. The number of rotatable bonds is 6. The van der Waals surface area contributed by atoms with Crippen LogP contribution in [0, 0.1) is 10.1 Å². The summed E-state index contributed by atoms with van der Waals surface area (Å²) in [7, 11) is 1.86. The predicted molar refractivity (Wildman–Crippen MR) is 114 cm³/mol. The van der Waals surface area contributed by atoms with E-state index in [4.69, 9.17) is 0 Å². The van der Waals surface area contributed by atoms with Crippen molar-refractivity contribution in [2.24, 2.45) is 7.05 Å². The molecular weight excluding hydrogens is 410 g/mol. The van der Waals surface area contributed by atoms with Crippen molar-refractivity contribution in [2.45, 2.75) is 5.16 Å². The molecule has 2 aromatic carbocycles. The van der Waals surface area contributed by atoms with Gasteiger partial charge < -0.3 is 9.88 Å². The highest BCUT2D eigenvalue weighted by molar-refractivity contribution is 7.99. The molecule has 146 valence electrons. The van der Waals surface area contributed by atoms with Crippen molar-refractivity contribution in [3.63, 3.8) is 0 Å². The summed E-state index contributed by atoms with van der Waals surface area (Å²) < 4.78 is 3.04. The molecule has 1 amide bonds. The number of aromatic nitrogens is 3. The van der Waals surface area contributed by atoms with Crippen LogP contribution in [0.1, 0.15) is 0 Å². The number of carbonyl (C=O) groups excluding carboxylic acids is 1. The van der Waals surface area contributed by atoms with Crippen LogP contribution < -0.4 is 5.32 Å². The van der Waals surface area contributed by atoms with Crippen molar-refractivity contribution in [2.75, 3.05) is 11.1 Å². The summed E-state index contributed by atoms with van der Waals surface area (Å²) in [6, 6.07) is 13.9. The molecule has 4 rings (SSSR count). The van der Waals surface area contributed by atoms with Crippen molar-refractivity contribution in [3.8, 4) is 11.4 Å². The molecule has 0 atom stereocenters. The van der Waals surface area contributed by atoms with Gasteiger partial charge in [-0.05, 0) is 12.1 Å². The van der Waals surface area contributed by atoms with Crippen LogP contribution >= 0.6 is 23.1 Å². The minimum Gasteiger partial charge on any atom is -0.325 e. The molecular formula is C19H15N5O3S2. The lowest BCUT2D eigenvalue weighted by Gasteiger charge is -2.05. The molecule has 0 saturated heterocycles. The topological polar surface area (TPSA) is 103 Å². The number of hydrogen-bond donors (Lipinski definition) is 1. The molecule has 8 nitrogen and oxygen atoms in total. The Kier molecular flexibility index (Phi) is 5.28. The van der Waals surface area contributed by atoms with Crippen LogP contribution in [-0.2, 0) is 11.8 Å². The van der Waals surface area contributed by atoms with Gasteiger partial charge in [0.05, 0.1) is 10.7 Å². The Labute approximate surface area is 173 Å². The third-order valence-corrected chi connectivity index (χ3v) is 6.21. The zero-order chi connectivity index (χ0) is 20.4. The van der Waals surface area contributed by atoms with Gasteiger partial charge in [-0.1, -0.05) is 36.0 Å². The number of hydrogen-bond acceptors (Lipinski definition) is 7. The van der Waals surface area contributed by atoms with Crippen molar-refractivity contribution in [1.82, 2.24) is 14.8 Å².